The first-order chi connectivity index (χ1) is 9.63. The Bertz CT molecular complexity index is 488. The van der Waals surface area contributed by atoms with Gasteiger partial charge in [-0.3, -0.25) is 0 Å². The van der Waals surface area contributed by atoms with Gasteiger partial charge in [-0.05, 0) is 30.5 Å². The summed E-state index contributed by atoms with van der Waals surface area (Å²) in [4.78, 5) is 0. The maximum absolute atomic E-state index is 13.2. The van der Waals surface area contributed by atoms with Gasteiger partial charge in [0.1, 0.15) is 11.9 Å². The summed E-state index contributed by atoms with van der Waals surface area (Å²) in [5.74, 6) is -0.490. The first-order valence-corrected chi connectivity index (χ1v) is 7.18. The van der Waals surface area contributed by atoms with Crippen LogP contribution in [0.15, 0.2) is 18.2 Å². The van der Waals surface area contributed by atoms with Crippen LogP contribution in [-0.4, -0.2) is 12.1 Å². The second-order valence-electron chi connectivity index (χ2n) is 5.70. The lowest BCUT2D eigenvalue weighted by molar-refractivity contribution is 0.0667. The van der Waals surface area contributed by atoms with E-state index in [0.29, 0.717) is 13.2 Å². The lowest BCUT2D eigenvalue weighted by Crippen LogP contribution is -2.43. The molecule has 2 N–H and O–H groups in total. The largest absolute Gasteiger partial charge is 0.375 e. The molecule has 1 aromatic carbocycles. The third kappa shape index (κ3) is 4.03. The standard InChI is InChI=1S/C16H21FN2O/c17-15-6-5-13(9-14(15)10-18)11-20-12-16(19)7-3-1-2-4-8-16/h5-6,9H,1-4,7-8,11-12,19H2. The van der Waals surface area contributed by atoms with Gasteiger partial charge in [-0.25, -0.2) is 4.39 Å². The summed E-state index contributed by atoms with van der Waals surface area (Å²) < 4.78 is 18.9. The van der Waals surface area contributed by atoms with Crippen LogP contribution in [-0.2, 0) is 11.3 Å². The molecule has 0 saturated heterocycles. The Hall–Kier alpha value is -1.44. The molecule has 0 aromatic heterocycles. The molecular formula is C16H21FN2O. The Balaban J connectivity index is 1.87. The lowest BCUT2D eigenvalue weighted by Gasteiger charge is -2.27. The monoisotopic (exact) mass is 276 g/mol. The number of rotatable bonds is 4. The van der Waals surface area contributed by atoms with Crippen molar-refractivity contribution in [1.29, 1.82) is 5.26 Å². The van der Waals surface area contributed by atoms with Crippen molar-refractivity contribution in [3.8, 4) is 6.07 Å². The van der Waals surface area contributed by atoms with Crippen molar-refractivity contribution in [1.82, 2.24) is 0 Å². The van der Waals surface area contributed by atoms with Crippen LogP contribution < -0.4 is 5.73 Å². The normalized spacial score (nSPS) is 18.2. The summed E-state index contributed by atoms with van der Waals surface area (Å²) in [6.07, 6.45) is 6.83. The Morgan fingerprint density at radius 3 is 2.60 bits per heavy atom. The Morgan fingerprint density at radius 2 is 1.95 bits per heavy atom. The Morgan fingerprint density at radius 1 is 1.25 bits per heavy atom. The molecule has 1 aliphatic carbocycles. The number of benzene rings is 1. The zero-order valence-electron chi connectivity index (χ0n) is 11.7. The highest BCUT2D eigenvalue weighted by Gasteiger charge is 2.26. The molecule has 1 saturated carbocycles. The fraction of sp³-hybridized carbons (Fsp3) is 0.562. The highest BCUT2D eigenvalue weighted by Crippen LogP contribution is 2.25. The van der Waals surface area contributed by atoms with E-state index in [1.807, 2.05) is 6.07 Å². The average molecular weight is 276 g/mol. The molecule has 3 nitrogen and oxygen atoms in total. The van der Waals surface area contributed by atoms with Gasteiger partial charge in [-0.1, -0.05) is 31.7 Å². The van der Waals surface area contributed by atoms with Crippen LogP contribution in [0.2, 0.25) is 0 Å². The van der Waals surface area contributed by atoms with E-state index >= 15 is 0 Å². The number of nitrogens with zero attached hydrogens (tertiary/aromatic N) is 1. The number of nitrogens with two attached hydrogens (primary N) is 1. The number of hydrogen-bond acceptors (Lipinski definition) is 3. The molecule has 2 rings (SSSR count). The predicted octanol–water partition coefficient (Wildman–Crippen LogP) is 3.27. The van der Waals surface area contributed by atoms with Crippen molar-refractivity contribution in [2.24, 2.45) is 5.73 Å². The molecule has 0 atom stereocenters. The minimum Gasteiger partial charge on any atom is -0.375 e. The van der Waals surface area contributed by atoms with Crippen molar-refractivity contribution in [3.63, 3.8) is 0 Å². The van der Waals surface area contributed by atoms with Crippen LogP contribution in [0.4, 0.5) is 4.39 Å². The number of ether oxygens (including phenoxy) is 1. The van der Waals surface area contributed by atoms with Gasteiger partial charge in [0.2, 0.25) is 0 Å². The summed E-state index contributed by atoms with van der Waals surface area (Å²) in [5.41, 5.74) is 7.00. The third-order valence-corrected chi connectivity index (χ3v) is 3.91. The van der Waals surface area contributed by atoms with E-state index in [-0.39, 0.29) is 11.1 Å². The fourth-order valence-electron chi connectivity index (χ4n) is 2.70. The summed E-state index contributed by atoms with van der Waals surface area (Å²) in [6.45, 7) is 0.889. The Kier molecular flexibility index (Phi) is 5.11. The zero-order chi connectivity index (χ0) is 14.4. The van der Waals surface area contributed by atoms with Gasteiger partial charge in [0.15, 0.2) is 0 Å². The van der Waals surface area contributed by atoms with Crippen LogP contribution in [0, 0.1) is 17.1 Å². The molecule has 0 radical (unpaired) electrons. The summed E-state index contributed by atoms with van der Waals surface area (Å²) >= 11 is 0. The van der Waals surface area contributed by atoms with E-state index in [4.69, 9.17) is 15.7 Å². The highest BCUT2D eigenvalue weighted by atomic mass is 19.1. The number of halogens is 1. The number of nitriles is 1. The summed E-state index contributed by atoms with van der Waals surface area (Å²) in [5, 5.41) is 8.79. The molecule has 0 bridgehead atoms. The molecule has 1 aliphatic rings. The quantitative estimate of drug-likeness (QED) is 0.859. The second kappa shape index (κ2) is 6.83. The van der Waals surface area contributed by atoms with Crippen molar-refractivity contribution >= 4 is 0 Å². The van der Waals surface area contributed by atoms with E-state index < -0.39 is 5.82 Å². The second-order valence-corrected chi connectivity index (χ2v) is 5.70. The molecule has 4 heteroatoms. The zero-order valence-corrected chi connectivity index (χ0v) is 11.7. The summed E-state index contributed by atoms with van der Waals surface area (Å²) in [7, 11) is 0. The molecule has 0 aliphatic heterocycles. The van der Waals surface area contributed by atoms with E-state index in [9.17, 15) is 4.39 Å². The summed E-state index contributed by atoms with van der Waals surface area (Å²) in [6, 6.07) is 6.32. The van der Waals surface area contributed by atoms with E-state index in [1.54, 1.807) is 6.07 Å². The lowest BCUT2D eigenvalue weighted by atomic mass is 9.92. The first kappa shape index (κ1) is 15.0. The van der Waals surface area contributed by atoms with Crippen molar-refractivity contribution < 1.29 is 9.13 Å². The van der Waals surface area contributed by atoms with Crippen LogP contribution >= 0.6 is 0 Å². The van der Waals surface area contributed by atoms with Gasteiger partial charge in [-0.2, -0.15) is 5.26 Å². The molecule has 0 spiro atoms. The minimum absolute atomic E-state index is 0.0584. The molecule has 108 valence electrons. The average Bonchev–Trinajstić information content (AvgIpc) is 2.66. The molecule has 20 heavy (non-hydrogen) atoms. The molecule has 1 fully saturated rings. The molecule has 0 heterocycles. The molecular weight excluding hydrogens is 255 g/mol. The van der Waals surface area contributed by atoms with Crippen LogP contribution in [0.5, 0.6) is 0 Å². The van der Waals surface area contributed by atoms with Gasteiger partial charge in [0.05, 0.1) is 18.8 Å². The maximum Gasteiger partial charge on any atom is 0.140 e. The van der Waals surface area contributed by atoms with Gasteiger partial charge < -0.3 is 10.5 Å². The first-order valence-electron chi connectivity index (χ1n) is 7.18. The highest BCUT2D eigenvalue weighted by molar-refractivity contribution is 5.34. The smallest absolute Gasteiger partial charge is 0.140 e. The van der Waals surface area contributed by atoms with Crippen LogP contribution in [0.1, 0.15) is 49.7 Å². The van der Waals surface area contributed by atoms with Gasteiger partial charge in [0.25, 0.3) is 0 Å². The van der Waals surface area contributed by atoms with Gasteiger partial charge in [-0.15, -0.1) is 0 Å². The molecule has 0 unspecified atom stereocenters. The van der Waals surface area contributed by atoms with Crippen molar-refractivity contribution in [2.45, 2.75) is 50.7 Å². The molecule has 0 amide bonds. The molecule has 1 aromatic rings. The van der Waals surface area contributed by atoms with Crippen molar-refractivity contribution in [3.05, 3.63) is 35.1 Å². The van der Waals surface area contributed by atoms with Gasteiger partial charge in [0, 0.05) is 5.54 Å². The SMILES string of the molecule is N#Cc1cc(COCC2(N)CCCCCC2)ccc1F. The van der Waals surface area contributed by atoms with E-state index in [2.05, 4.69) is 0 Å². The minimum atomic E-state index is -0.490. The van der Waals surface area contributed by atoms with Crippen LogP contribution in [0.25, 0.3) is 0 Å². The van der Waals surface area contributed by atoms with E-state index in [0.717, 1.165) is 31.2 Å². The third-order valence-electron chi connectivity index (χ3n) is 3.91. The van der Waals surface area contributed by atoms with Crippen LogP contribution in [0.3, 0.4) is 0 Å². The Labute approximate surface area is 119 Å². The fourth-order valence-corrected chi connectivity index (χ4v) is 2.70. The van der Waals surface area contributed by atoms with Gasteiger partial charge >= 0.3 is 0 Å². The van der Waals surface area contributed by atoms with E-state index in [1.165, 1.54) is 25.0 Å². The predicted molar refractivity (Wildman–Crippen MR) is 75.4 cm³/mol. The topological polar surface area (TPSA) is 59.0 Å². The van der Waals surface area contributed by atoms with Crippen molar-refractivity contribution in [2.75, 3.05) is 6.61 Å². The maximum atomic E-state index is 13.2. The number of hydrogen-bond donors (Lipinski definition) is 1.